The zero-order valence-corrected chi connectivity index (χ0v) is 21.1. The molecule has 2 aromatic rings. The summed E-state index contributed by atoms with van der Waals surface area (Å²) in [6.07, 6.45) is 0.906. The van der Waals surface area contributed by atoms with Crippen LogP contribution in [0.3, 0.4) is 0 Å². The molecule has 15 heteroatoms. The minimum Gasteiger partial charge on any atom is -0.456 e. The number of nitrogens with one attached hydrogen (secondary N) is 1. The molecule has 0 spiro atoms. The Morgan fingerprint density at radius 3 is 2.58 bits per heavy atom. The van der Waals surface area contributed by atoms with Crippen LogP contribution >= 0.6 is 23.1 Å². The van der Waals surface area contributed by atoms with Gasteiger partial charge in [0.15, 0.2) is 11.5 Å². The van der Waals surface area contributed by atoms with E-state index in [4.69, 9.17) is 8.92 Å². The number of hydrogen-bond acceptors (Lipinski definition) is 11. The van der Waals surface area contributed by atoms with E-state index in [9.17, 15) is 32.9 Å². The molecule has 12 nitrogen and oxygen atoms in total. The molecule has 1 aromatic carbocycles. The van der Waals surface area contributed by atoms with E-state index >= 15 is 0 Å². The van der Waals surface area contributed by atoms with Crippen LogP contribution in [0.5, 0.6) is 0 Å². The van der Waals surface area contributed by atoms with Gasteiger partial charge in [0.05, 0.1) is 23.4 Å². The van der Waals surface area contributed by atoms with Crippen LogP contribution in [-0.2, 0) is 46.4 Å². The molecule has 0 saturated carbocycles. The molecule has 36 heavy (non-hydrogen) atoms. The van der Waals surface area contributed by atoms with Crippen molar-refractivity contribution >= 4 is 56.7 Å². The minimum atomic E-state index is -4.02. The van der Waals surface area contributed by atoms with Gasteiger partial charge in [0.25, 0.3) is 11.6 Å². The van der Waals surface area contributed by atoms with E-state index in [1.165, 1.54) is 35.6 Å². The van der Waals surface area contributed by atoms with Gasteiger partial charge in [0.2, 0.25) is 5.91 Å². The van der Waals surface area contributed by atoms with Gasteiger partial charge in [-0.2, -0.15) is 8.42 Å². The lowest BCUT2D eigenvalue weighted by Crippen LogP contribution is -2.70. The molecule has 1 fully saturated rings. The highest BCUT2D eigenvalue weighted by molar-refractivity contribution is 8.00. The molecule has 2 atom stereocenters. The molecule has 1 saturated heterocycles. The minimum absolute atomic E-state index is 0.0548. The van der Waals surface area contributed by atoms with Gasteiger partial charge in [0, 0.05) is 17.0 Å². The van der Waals surface area contributed by atoms with Crippen LogP contribution in [0.4, 0.5) is 5.69 Å². The van der Waals surface area contributed by atoms with Gasteiger partial charge in [-0.15, -0.1) is 23.1 Å². The summed E-state index contributed by atoms with van der Waals surface area (Å²) in [6.45, 7) is -0.284. The first-order valence-corrected chi connectivity index (χ1v) is 14.1. The average Bonchev–Trinajstić information content (AvgIpc) is 3.33. The van der Waals surface area contributed by atoms with Crippen LogP contribution in [0.25, 0.3) is 0 Å². The van der Waals surface area contributed by atoms with Crippen LogP contribution in [-0.4, -0.2) is 59.4 Å². The Balaban J connectivity index is 1.49. The number of rotatable bonds is 9. The van der Waals surface area contributed by atoms with E-state index in [0.29, 0.717) is 5.56 Å². The monoisotopic (exact) mass is 553 g/mol. The molecular weight excluding hydrogens is 534 g/mol. The first-order chi connectivity index (χ1) is 17.0. The average molecular weight is 554 g/mol. The van der Waals surface area contributed by atoms with Gasteiger partial charge in [-0.25, -0.2) is 4.79 Å². The molecule has 0 aliphatic carbocycles. The number of nitro groups is 1. The van der Waals surface area contributed by atoms with Crippen molar-refractivity contribution in [1.82, 2.24) is 10.2 Å². The number of fused-ring (bicyclic) bond motifs is 1. The van der Waals surface area contributed by atoms with Crippen LogP contribution in [0.1, 0.15) is 10.4 Å². The second-order valence-corrected chi connectivity index (χ2v) is 11.5. The Labute approximate surface area is 213 Å². The number of esters is 1. The number of thioether (sulfide) groups is 1. The van der Waals surface area contributed by atoms with Crippen molar-refractivity contribution in [3.05, 3.63) is 73.8 Å². The number of thiophene rings is 1. The van der Waals surface area contributed by atoms with Crippen LogP contribution in [0.2, 0.25) is 0 Å². The lowest BCUT2D eigenvalue weighted by atomic mass is 10.0. The number of hydrogen-bond donors (Lipinski definition) is 1. The first kappa shape index (κ1) is 25.7. The van der Waals surface area contributed by atoms with E-state index in [1.807, 2.05) is 11.4 Å². The Kier molecular flexibility index (Phi) is 7.33. The standard InChI is InChI=1S/C21H19N3O9S3/c1-36(30,31)33-15-11-35-20-17(22-16(25)9-14-3-2-8-34-14)19(26)23(20)18(15)21(27)32-10-12-4-6-13(7-5-12)24(28)29/h2-8,17,20H,9-11H2,1H3,(H,22,25)/t17-,20+/m1/s1. The SMILES string of the molecule is CS(=O)(=O)OC1=C(C(=O)OCc2ccc([N+](=O)[O-])cc2)N2C(=O)[C@@H](NC(=O)Cc3cccs3)[C@@H]2SC1. The zero-order valence-electron chi connectivity index (χ0n) is 18.6. The van der Waals surface area contributed by atoms with Crippen molar-refractivity contribution in [2.75, 3.05) is 12.0 Å². The molecular formula is C21H19N3O9S3. The van der Waals surface area contributed by atoms with E-state index in [1.54, 1.807) is 6.07 Å². The maximum absolute atomic E-state index is 13.0. The fourth-order valence-corrected chi connectivity index (χ4v) is 6.09. The molecule has 2 amide bonds. The summed E-state index contributed by atoms with van der Waals surface area (Å²) in [4.78, 5) is 50.4. The van der Waals surface area contributed by atoms with Crippen LogP contribution in [0.15, 0.2) is 53.2 Å². The molecule has 0 bridgehead atoms. The van der Waals surface area contributed by atoms with Gasteiger partial charge in [-0.3, -0.25) is 24.6 Å². The quantitative estimate of drug-likeness (QED) is 0.158. The highest BCUT2D eigenvalue weighted by Crippen LogP contribution is 2.41. The maximum Gasteiger partial charge on any atom is 0.359 e. The third-order valence-corrected chi connectivity index (χ3v) is 7.76. The first-order valence-electron chi connectivity index (χ1n) is 10.3. The van der Waals surface area contributed by atoms with E-state index in [2.05, 4.69) is 5.32 Å². The smallest absolute Gasteiger partial charge is 0.359 e. The topological polar surface area (TPSA) is 162 Å². The number of non-ortho nitro benzene ring substituents is 1. The fraction of sp³-hybridized carbons (Fsp3) is 0.286. The maximum atomic E-state index is 13.0. The normalized spacial score (nSPS) is 19.2. The summed E-state index contributed by atoms with van der Waals surface area (Å²) in [5.41, 5.74) is -0.0579. The summed E-state index contributed by atoms with van der Waals surface area (Å²) in [5.74, 6) is -2.29. The van der Waals surface area contributed by atoms with E-state index in [-0.39, 0.29) is 41.8 Å². The number of β-lactam (4-membered cyclic amide) rings is 1. The molecule has 1 N–H and O–H groups in total. The largest absolute Gasteiger partial charge is 0.456 e. The van der Waals surface area contributed by atoms with Crippen molar-refractivity contribution in [3.8, 4) is 0 Å². The van der Waals surface area contributed by atoms with E-state index < -0.39 is 38.3 Å². The van der Waals surface area contributed by atoms with Gasteiger partial charge < -0.3 is 14.2 Å². The lowest BCUT2D eigenvalue weighted by molar-refractivity contribution is -0.384. The summed E-state index contributed by atoms with van der Waals surface area (Å²) in [5, 5.41) is 14.6. The Morgan fingerprint density at radius 2 is 1.97 bits per heavy atom. The highest BCUT2D eigenvalue weighted by Gasteiger charge is 2.55. The highest BCUT2D eigenvalue weighted by atomic mass is 32.2. The number of carbonyl (C=O) groups is 3. The number of nitrogens with zero attached hydrogens (tertiary/aromatic N) is 2. The zero-order chi connectivity index (χ0) is 26.0. The number of benzene rings is 1. The van der Waals surface area contributed by atoms with Crippen molar-refractivity contribution in [3.63, 3.8) is 0 Å². The van der Waals surface area contributed by atoms with Crippen LogP contribution < -0.4 is 5.32 Å². The Bertz CT molecular complexity index is 1340. The van der Waals surface area contributed by atoms with Crippen molar-refractivity contribution in [1.29, 1.82) is 0 Å². The molecule has 2 aliphatic heterocycles. The second kappa shape index (κ2) is 10.3. The van der Waals surface area contributed by atoms with Gasteiger partial charge in [-0.1, -0.05) is 6.07 Å². The molecule has 190 valence electrons. The molecule has 4 rings (SSSR count). The molecule has 0 unspecified atom stereocenters. The van der Waals surface area contributed by atoms with Gasteiger partial charge in [0.1, 0.15) is 18.0 Å². The number of amides is 2. The third kappa shape index (κ3) is 5.68. The molecule has 3 heterocycles. The number of carbonyl (C=O) groups excluding carboxylic acids is 3. The molecule has 2 aliphatic rings. The number of ether oxygens (including phenoxy) is 1. The summed E-state index contributed by atoms with van der Waals surface area (Å²) in [7, 11) is -4.02. The fourth-order valence-electron chi connectivity index (χ4n) is 3.55. The van der Waals surface area contributed by atoms with Crippen molar-refractivity contribution in [2.24, 2.45) is 0 Å². The summed E-state index contributed by atoms with van der Waals surface area (Å²) >= 11 is 2.54. The van der Waals surface area contributed by atoms with Crippen molar-refractivity contribution < 1.29 is 36.6 Å². The second-order valence-electron chi connectivity index (χ2n) is 7.77. The summed E-state index contributed by atoms with van der Waals surface area (Å²) in [6, 6.07) is 8.00. The predicted octanol–water partition coefficient (Wildman–Crippen LogP) is 1.53. The molecule has 0 radical (unpaired) electrons. The van der Waals surface area contributed by atoms with Gasteiger partial charge in [-0.05, 0) is 29.1 Å². The van der Waals surface area contributed by atoms with Gasteiger partial charge >= 0.3 is 16.1 Å². The predicted molar refractivity (Wildman–Crippen MR) is 129 cm³/mol. The van der Waals surface area contributed by atoms with Crippen molar-refractivity contribution in [2.45, 2.75) is 24.4 Å². The molecule has 1 aromatic heterocycles. The lowest BCUT2D eigenvalue weighted by Gasteiger charge is -2.49. The number of nitro benzene ring substituents is 1. The van der Waals surface area contributed by atoms with Crippen LogP contribution in [0, 0.1) is 10.1 Å². The summed E-state index contributed by atoms with van der Waals surface area (Å²) < 4.78 is 33.7. The van der Waals surface area contributed by atoms with E-state index in [0.717, 1.165) is 27.8 Å². The third-order valence-electron chi connectivity index (χ3n) is 5.13. The Hall–Kier alpha value is -3.43. The Morgan fingerprint density at radius 1 is 1.25 bits per heavy atom.